The fraction of sp³-hybridized carbons (Fsp3) is 0.133. The third-order valence-electron chi connectivity index (χ3n) is 2.77. The molecule has 120 valence electrons. The average Bonchev–Trinajstić information content (AvgIpc) is 2.55. The Bertz CT molecular complexity index is 708. The number of rotatable bonds is 6. The van der Waals surface area contributed by atoms with Crippen LogP contribution in [0.15, 0.2) is 42.6 Å². The van der Waals surface area contributed by atoms with Crippen molar-refractivity contribution < 1.29 is 9.63 Å². The van der Waals surface area contributed by atoms with Gasteiger partial charge in [0.15, 0.2) is 5.82 Å². The number of benzene rings is 1. The van der Waals surface area contributed by atoms with Crippen LogP contribution in [-0.4, -0.2) is 23.2 Å². The molecule has 0 radical (unpaired) electrons. The third-order valence-corrected chi connectivity index (χ3v) is 3.51. The molecule has 0 fully saturated rings. The van der Waals surface area contributed by atoms with E-state index in [1.165, 1.54) is 13.3 Å². The van der Waals surface area contributed by atoms with Gasteiger partial charge in [0, 0.05) is 18.2 Å². The summed E-state index contributed by atoms with van der Waals surface area (Å²) in [6.45, 7) is 0. The highest BCUT2D eigenvalue weighted by Crippen LogP contribution is 2.25. The standard InChI is InChI=1S/C15H14Cl2N4O2/c1-23-21-13(10-4-5-11(16)12(17)9-10)6-7-15(22)19-14-3-2-8-18-20-14/h2-6,8-9,21H,7H2,1H3,(H,19,20,22). The van der Waals surface area contributed by atoms with E-state index in [1.807, 2.05) is 0 Å². The van der Waals surface area contributed by atoms with Crippen molar-refractivity contribution in [3.8, 4) is 0 Å². The van der Waals surface area contributed by atoms with Gasteiger partial charge in [-0.15, -0.1) is 5.10 Å². The molecule has 0 spiro atoms. The number of carbonyl (C=O) groups excluding carboxylic acids is 1. The molecule has 1 amide bonds. The van der Waals surface area contributed by atoms with Crippen LogP contribution in [0.2, 0.25) is 10.0 Å². The molecule has 0 saturated carbocycles. The minimum atomic E-state index is -0.235. The Kier molecular flexibility index (Phi) is 6.34. The van der Waals surface area contributed by atoms with Gasteiger partial charge in [-0.2, -0.15) is 5.10 Å². The lowest BCUT2D eigenvalue weighted by Gasteiger charge is -2.10. The summed E-state index contributed by atoms with van der Waals surface area (Å²) in [6.07, 6.45) is 3.32. The molecule has 0 aliphatic rings. The molecule has 8 heteroatoms. The summed E-state index contributed by atoms with van der Waals surface area (Å²) in [7, 11) is 1.48. The number of nitrogens with zero attached hydrogens (tertiary/aromatic N) is 2. The Hall–Kier alpha value is -2.15. The first-order chi connectivity index (χ1) is 11.1. The monoisotopic (exact) mass is 352 g/mol. The first-order valence-corrected chi connectivity index (χ1v) is 7.38. The van der Waals surface area contributed by atoms with E-state index in [9.17, 15) is 4.79 Å². The average molecular weight is 353 g/mol. The molecule has 2 rings (SSSR count). The summed E-state index contributed by atoms with van der Waals surface area (Å²) in [6, 6.07) is 8.47. The highest BCUT2D eigenvalue weighted by Gasteiger charge is 2.07. The Labute approximate surface area is 143 Å². The normalized spacial score (nSPS) is 11.2. The maximum atomic E-state index is 11.9. The number of aromatic nitrogens is 2. The maximum absolute atomic E-state index is 11.9. The van der Waals surface area contributed by atoms with Crippen LogP contribution >= 0.6 is 23.2 Å². The fourth-order valence-corrected chi connectivity index (χ4v) is 2.05. The van der Waals surface area contributed by atoms with E-state index < -0.39 is 0 Å². The van der Waals surface area contributed by atoms with E-state index in [0.29, 0.717) is 21.6 Å². The number of hydrogen-bond acceptors (Lipinski definition) is 5. The second kappa shape index (κ2) is 8.47. The number of nitrogens with one attached hydrogen (secondary N) is 2. The predicted octanol–water partition coefficient (Wildman–Crippen LogP) is 3.30. The molecule has 0 unspecified atom stereocenters. The van der Waals surface area contributed by atoms with Crippen LogP contribution in [0.5, 0.6) is 0 Å². The van der Waals surface area contributed by atoms with Gasteiger partial charge in [0.25, 0.3) is 0 Å². The second-order valence-electron chi connectivity index (χ2n) is 4.41. The predicted molar refractivity (Wildman–Crippen MR) is 89.9 cm³/mol. The van der Waals surface area contributed by atoms with Crippen molar-refractivity contribution in [3.63, 3.8) is 0 Å². The van der Waals surface area contributed by atoms with Gasteiger partial charge in [0.1, 0.15) is 0 Å². The zero-order chi connectivity index (χ0) is 16.7. The van der Waals surface area contributed by atoms with Crippen LogP contribution in [0.3, 0.4) is 0 Å². The molecule has 0 saturated heterocycles. The number of anilines is 1. The van der Waals surface area contributed by atoms with Crippen LogP contribution in [0.4, 0.5) is 5.82 Å². The molecule has 0 atom stereocenters. The lowest BCUT2D eigenvalue weighted by atomic mass is 10.1. The Balaban J connectivity index is 2.09. The fourth-order valence-electron chi connectivity index (χ4n) is 1.75. The molecule has 23 heavy (non-hydrogen) atoms. The van der Waals surface area contributed by atoms with E-state index in [2.05, 4.69) is 21.0 Å². The SMILES string of the molecule is CONC(=CCC(=O)Nc1cccnn1)c1ccc(Cl)c(Cl)c1. The Morgan fingerprint density at radius 3 is 2.78 bits per heavy atom. The smallest absolute Gasteiger partial charge is 0.229 e. The zero-order valence-corrected chi connectivity index (χ0v) is 13.7. The molecule has 2 aromatic rings. The minimum Gasteiger partial charge on any atom is -0.309 e. The highest BCUT2D eigenvalue weighted by atomic mass is 35.5. The summed E-state index contributed by atoms with van der Waals surface area (Å²) in [5, 5.41) is 11.0. The lowest BCUT2D eigenvalue weighted by Crippen LogP contribution is -2.14. The molecule has 2 N–H and O–H groups in total. The molecule has 1 aromatic heterocycles. The van der Waals surface area contributed by atoms with Crippen LogP contribution in [0, 0.1) is 0 Å². The van der Waals surface area contributed by atoms with Crippen LogP contribution in [0.25, 0.3) is 5.70 Å². The molecule has 0 aliphatic carbocycles. The lowest BCUT2D eigenvalue weighted by molar-refractivity contribution is -0.115. The number of hydrogen-bond donors (Lipinski definition) is 2. The van der Waals surface area contributed by atoms with Crippen molar-refractivity contribution in [3.05, 3.63) is 58.2 Å². The molecular formula is C15H14Cl2N4O2. The van der Waals surface area contributed by atoms with E-state index in [-0.39, 0.29) is 12.3 Å². The first kappa shape index (κ1) is 17.2. The largest absolute Gasteiger partial charge is 0.309 e. The summed E-state index contributed by atoms with van der Waals surface area (Å²) in [5.41, 5.74) is 4.06. The van der Waals surface area contributed by atoms with Gasteiger partial charge < -0.3 is 5.32 Å². The van der Waals surface area contributed by atoms with Crippen molar-refractivity contribution in [2.75, 3.05) is 12.4 Å². The molecule has 0 aliphatic heterocycles. The van der Waals surface area contributed by atoms with Crippen molar-refractivity contribution in [1.82, 2.24) is 15.7 Å². The van der Waals surface area contributed by atoms with E-state index >= 15 is 0 Å². The van der Waals surface area contributed by atoms with Gasteiger partial charge >= 0.3 is 0 Å². The summed E-state index contributed by atoms with van der Waals surface area (Å²) in [5.74, 6) is 0.155. The quantitative estimate of drug-likeness (QED) is 0.780. The number of carbonyl (C=O) groups is 1. The van der Waals surface area contributed by atoms with Gasteiger partial charge in [-0.05, 0) is 30.3 Å². The van der Waals surface area contributed by atoms with Gasteiger partial charge in [-0.1, -0.05) is 29.3 Å². The zero-order valence-electron chi connectivity index (χ0n) is 12.2. The van der Waals surface area contributed by atoms with E-state index in [0.717, 1.165) is 5.56 Å². The molecule has 1 aromatic carbocycles. The molecule has 1 heterocycles. The number of halogens is 2. The van der Waals surface area contributed by atoms with Gasteiger partial charge in [0.2, 0.25) is 5.91 Å². The van der Waals surface area contributed by atoms with E-state index in [4.69, 9.17) is 28.0 Å². The van der Waals surface area contributed by atoms with Crippen molar-refractivity contribution in [2.45, 2.75) is 6.42 Å². The minimum absolute atomic E-state index is 0.114. The van der Waals surface area contributed by atoms with Gasteiger partial charge in [-0.3, -0.25) is 15.1 Å². The van der Waals surface area contributed by atoms with Gasteiger partial charge in [0.05, 0.1) is 22.9 Å². The molecule has 0 bridgehead atoms. The Morgan fingerprint density at radius 2 is 2.13 bits per heavy atom. The van der Waals surface area contributed by atoms with Crippen molar-refractivity contribution in [1.29, 1.82) is 0 Å². The van der Waals surface area contributed by atoms with Crippen LogP contribution < -0.4 is 10.8 Å². The molecular weight excluding hydrogens is 339 g/mol. The van der Waals surface area contributed by atoms with Gasteiger partial charge in [-0.25, -0.2) is 0 Å². The third kappa shape index (κ3) is 5.21. The topological polar surface area (TPSA) is 76.1 Å². The summed E-state index contributed by atoms with van der Waals surface area (Å²) in [4.78, 5) is 16.9. The van der Waals surface area contributed by atoms with Crippen molar-refractivity contribution in [2.24, 2.45) is 0 Å². The second-order valence-corrected chi connectivity index (χ2v) is 5.23. The maximum Gasteiger partial charge on any atom is 0.229 e. The van der Waals surface area contributed by atoms with Crippen LogP contribution in [0.1, 0.15) is 12.0 Å². The van der Waals surface area contributed by atoms with Crippen molar-refractivity contribution >= 4 is 40.6 Å². The van der Waals surface area contributed by atoms with Crippen LogP contribution in [-0.2, 0) is 9.63 Å². The number of hydroxylamine groups is 1. The van der Waals surface area contributed by atoms with E-state index in [1.54, 1.807) is 36.4 Å². The first-order valence-electron chi connectivity index (χ1n) is 6.62. The summed E-state index contributed by atoms with van der Waals surface area (Å²) >= 11 is 11.9. The Morgan fingerprint density at radius 1 is 1.30 bits per heavy atom. The molecule has 6 nitrogen and oxygen atoms in total. The highest BCUT2D eigenvalue weighted by molar-refractivity contribution is 6.42. The summed E-state index contributed by atoms with van der Waals surface area (Å²) < 4.78 is 0. The number of amides is 1.